The second-order valence-electron chi connectivity index (χ2n) is 4.30. The quantitative estimate of drug-likeness (QED) is 0.890. The van der Waals surface area contributed by atoms with Crippen LogP contribution in [0.15, 0.2) is 46.7 Å². The third-order valence-corrected chi connectivity index (χ3v) is 5.09. The fraction of sp³-hybridized carbons (Fsp3) is 0.231. The van der Waals surface area contributed by atoms with Gasteiger partial charge in [0.1, 0.15) is 5.75 Å². The molecule has 0 fully saturated rings. The van der Waals surface area contributed by atoms with Crippen LogP contribution in [0.5, 0.6) is 5.75 Å². The van der Waals surface area contributed by atoms with Gasteiger partial charge >= 0.3 is 0 Å². The molecular formula is C13H15NO3S2. The van der Waals surface area contributed by atoms with Crippen LogP contribution in [0.1, 0.15) is 11.8 Å². The highest BCUT2D eigenvalue weighted by molar-refractivity contribution is 7.89. The smallest absolute Gasteiger partial charge is 0.240 e. The van der Waals surface area contributed by atoms with Gasteiger partial charge in [0, 0.05) is 10.9 Å². The third-order valence-electron chi connectivity index (χ3n) is 2.59. The molecule has 6 heteroatoms. The Morgan fingerprint density at radius 2 is 1.95 bits per heavy atom. The molecule has 1 unspecified atom stereocenters. The first-order valence-electron chi connectivity index (χ1n) is 5.81. The summed E-state index contributed by atoms with van der Waals surface area (Å²) < 4.78 is 26.8. The van der Waals surface area contributed by atoms with Gasteiger partial charge in [-0.15, -0.1) is 11.3 Å². The van der Waals surface area contributed by atoms with E-state index in [1.54, 1.807) is 11.3 Å². The van der Waals surface area contributed by atoms with Crippen LogP contribution in [-0.2, 0) is 16.4 Å². The van der Waals surface area contributed by atoms with Crippen molar-refractivity contribution in [3.63, 3.8) is 0 Å². The number of hydrogen-bond acceptors (Lipinski definition) is 4. The Balaban J connectivity index is 2.06. The van der Waals surface area contributed by atoms with E-state index in [0.717, 1.165) is 4.88 Å². The summed E-state index contributed by atoms with van der Waals surface area (Å²) in [7, 11) is -3.54. The van der Waals surface area contributed by atoms with Gasteiger partial charge in [-0.25, -0.2) is 13.1 Å². The lowest BCUT2D eigenvalue weighted by Gasteiger charge is -2.13. The van der Waals surface area contributed by atoms with Crippen molar-refractivity contribution in [3.05, 3.63) is 46.7 Å². The highest BCUT2D eigenvalue weighted by atomic mass is 32.2. The van der Waals surface area contributed by atoms with Gasteiger partial charge in [-0.05, 0) is 49.1 Å². The Morgan fingerprint density at radius 3 is 2.53 bits per heavy atom. The monoisotopic (exact) mass is 297 g/mol. The van der Waals surface area contributed by atoms with Crippen LogP contribution >= 0.6 is 11.3 Å². The summed E-state index contributed by atoms with van der Waals surface area (Å²) in [5.41, 5.74) is 0. The highest BCUT2D eigenvalue weighted by Crippen LogP contribution is 2.16. The largest absolute Gasteiger partial charge is 0.508 e. The molecule has 1 atom stereocenters. The maximum Gasteiger partial charge on any atom is 0.240 e. The van der Waals surface area contributed by atoms with Gasteiger partial charge in [0.15, 0.2) is 0 Å². The standard InChI is InChI=1S/C13H15NO3S2/c1-10(9-12-3-2-8-18-12)14-19(16,17)13-6-4-11(15)5-7-13/h2-8,10,14-15H,9H2,1H3. The lowest BCUT2D eigenvalue weighted by molar-refractivity contribution is 0.474. The fourth-order valence-corrected chi connectivity index (χ4v) is 3.81. The Kier molecular flexibility index (Phi) is 4.24. The number of rotatable bonds is 5. The van der Waals surface area contributed by atoms with Crippen LogP contribution in [0.4, 0.5) is 0 Å². The normalized spacial score (nSPS) is 13.3. The third kappa shape index (κ3) is 3.79. The van der Waals surface area contributed by atoms with Gasteiger partial charge in [0.05, 0.1) is 4.90 Å². The predicted octanol–water partition coefficient (Wildman–Crippen LogP) is 2.36. The minimum Gasteiger partial charge on any atom is -0.508 e. The minimum absolute atomic E-state index is 0.0468. The molecule has 1 aromatic heterocycles. The zero-order chi connectivity index (χ0) is 13.9. The van der Waals surface area contributed by atoms with Crippen molar-refractivity contribution in [2.45, 2.75) is 24.3 Å². The fourth-order valence-electron chi connectivity index (χ4n) is 1.73. The summed E-state index contributed by atoms with van der Waals surface area (Å²) in [5, 5.41) is 11.1. The molecule has 0 aliphatic carbocycles. The lowest BCUT2D eigenvalue weighted by Crippen LogP contribution is -2.33. The lowest BCUT2D eigenvalue weighted by atomic mass is 10.2. The molecule has 0 saturated heterocycles. The summed E-state index contributed by atoms with van der Waals surface area (Å²) in [6.07, 6.45) is 0.662. The average molecular weight is 297 g/mol. The van der Waals surface area contributed by atoms with E-state index >= 15 is 0 Å². The minimum atomic E-state index is -3.54. The van der Waals surface area contributed by atoms with E-state index in [1.165, 1.54) is 24.3 Å². The van der Waals surface area contributed by atoms with Crippen molar-refractivity contribution < 1.29 is 13.5 Å². The Morgan fingerprint density at radius 1 is 1.26 bits per heavy atom. The molecule has 2 rings (SSSR count). The molecule has 4 nitrogen and oxygen atoms in total. The molecule has 0 amide bonds. The van der Waals surface area contributed by atoms with Crippen LogP contribution in [-0.4, -0.2) is 19.6 Å². The number of nitrogens with one attached hydrogen (secondary N) is 1. The maximum absolute atomic E-state index is 12.1. The molecule has 2 N–H and O–H groups in total. The van der Waals surface area contributed by atoms with E-state index in [9.17, 15) is 8.42 Å². The number of hydrogen-bond donors (Lipinski definition) is 2. The van der Waals surface area contributed by atoms with E-state index in [1.807, 2.05) is 24.4 Å². The van der Waals surface area contributed by atoms with Gasteiger partial charge in [0.25, 0.3) is 0 Å². The number of phenolic OH excluding ortho intramolecular Hbond substituents is 1. The van der Waals surface area contributed by atoms with Gasteiger partial charge in [-0.3, -0.25) is 0 Å². The van der Waals surface area contributed by atoms with E-state index in [4.69, 9.17) is 5.11 Å². The summed E-state index contributed by atoms with van der Waals surface area (Å²) >= 11 is 1.61. The van der Waals surface area contributed by atoms with Gasteiger partial charge in [-0.2, -0.15) is 0 Å². The summed E-state index contributed by atoms with van der Waals surface area (Å²) in [4.78, 5) is 1.30. The number of benzene rings is 1. The van der Waals surface area contributed by atoms with Crippen molar-refractivity contribution >= 4 is 21.4 Å². The van der Waals surface area contributed by atoms with Crippen molar-refractivity contribution in [3.8, 4) is 5.75 Å². The average Bonchev–Trinajstić information content (AvgIpc) is 2.81. The molecule has 0 spiro atoms. The SMILES string of the molecule is CC(Cc1cccs1)NS(=O)(=O)c1ccc(O)cc1. The van der Waals surface area contributed by atoms with Gasteiger partial charge < -0.3 is 5.11 Å². The van der Waals surface area contributed by atoms with E-state index < -0.39 is 10.0 Å². The zero-order valence-corrected chi connectivity index (χ0v) is 12.0. The number of sulfonamides is 1. The predicted molar refractivity (Wildman–Crippen MR) is 75.9 cm³/mol. The van der Waals surface area contributed by atoms with Crippen molar-refractivity contribution in [2.75, 3.05) is 0 Å². The van der Waals surface area contributed by atoms with Gasteiger partial charge in [0.2, 0.25) is 10.0 Å². The topological polar surface area (TPSA) is 66.4 Å². The Bertz CT molecular complexity index is 618. The Hall–Kier alpha value is -1.37. The van der Waals surface area contributed by atoms with Gasteiger partial charge in [-0.1, -0.05) is 6.07 Å². The molecule has 2 aromatic rings. The summed E-state index contributed by atoms with van der Waals surface area (Å²) in [5.74, 6) is 0.0468. The second kappa shape index (κ2) is 5.73. The van der Waals surface area contributed by atoms with Crippen LogP contribution in [0.3, 0.4) is 0 Å². The maximum atomic E-state index is 12.1. The van der Waals surface area contributed by atoms with Crippen LogP contribution < -0.4 is 4.72 Å². The molecule has 102 valence electrons. The zero-order valence-electron chi connectivity index (χ0n) is 10.4. The van der Waals surface area contributed by atoms with Crippen LogP contribution in [0.25, 0.3) is 0 Å². The first-order chi connectivity index (χ1) is 8.97. The molecule has 0 bridgehead atoms. The van der Waals surface area contributed by atoms with Crippen LogP contribution in [0.2, 0.25) is 0 Å². The van der Waals surface area contributed by atoms with Crippen molar-refractivity contribution in [2.24, 2.45) is 0 Å². The van der Waals surface area contributed by atoms with Crippen LogP contribution in [0, 0.1) is 0 Å². The van der Waals surface area contributed by atoms with Crippen molar-refractivity contribution in [1.29, 1.82) is 0 Å². The second-order valence-corrected chi connectivity index (χ2v) is 7.05. The first-order valence-corrected chi connectivity index (χ1v) is 8.17. The number of aromatic hydroxyl groups is 1. The van der Waals surface area contributed by atoms with E-state index in [2.05, 4.69) is 4.72 Å². The summed E-state index contributed by atoms with van der Waals surface area (Å²) in [6.45, 7) is 1.83. The number of thiophene rings is 1. The molecule has 19 heavy (non-hydrogen) atoms. The molecule has 0 aliphatic heterocycles. The molecule has 1 heterocycles. The summed E-state index contributed by atoms with van der Waals surface area (Å²) in [6, 6.07) is 9.23. The molecule has 0 radical (unpaired) electrons. The molecule has 0 aliphatic rings. The first kappa shape index (κ1) is 14.0. The molecule has 0 saturated carbocycles. The Labute approximate surface area is 116 Å². The highest BCUT2D eigenvalue weighted by Gasteiger charge is 2.17. The van der Waals surface area contributed by atoms with E-state index in [-0.39, 0.29) is 16.7 Å². The van der Waals surface area contributed by atoms with E-state index in [0.29, 0.717) is 6.42 Å². The molecular weight excluding hydrogens is 282 g/mol. The molecule has 1 aromatic carbocycles. The number of phenols is 1. The van der Waals surface area contributed by atoms with Crippen molar-refractivity contribution in [1.82, 2.24) is 4.72 Å².